The Morgan fingerprint density at radius 1 is 1.50 bits per heavy atom. The smallest absolute Gasteiger partial charge is 0.337 e. The first kappa shape index (κ1) is 12.4. The van der Waals surface area contributed by atoms with E-state index in [4.69, 9.17) is 5.11 Å². The summed E-state index contributed by atoms with van der Waals surface area (Å²) in [6.45, 7) is 5.35. The fourth-order valence-electron chi connectivity index (χ4n) is 1.19. The maximum absolute atomic E-state index is 10.7. The van der Waals surface area contributed by atoms with Crippen LogP contribution >= 0.6 is 0 Å². The number of hydrogen-bond donors (Lipinski definition) is 3. The SMILES string of the molecule is Cc1nc(NCC(C)(C)O)ccc1C(=O)O. The van der Waals surface area contributed by atoms with Crippen molar-refractivity contribution in [3.8, 4) is 0 Å². The van der Waals surface area contributed by atoms with E-state index in [0.29, 0.717) is 18.1 Å². The third kappa shape index (κ3) is 3.51. The number of hydrogen-bond acceptors (Lipinski definition) is 4. The Bertz CT molecular complexity index is 397. The van der Waals surface area contributed by atoms with E-state index in [1.807, 2.05) is 0 Å². The molecule has 16 heavy (non-hydrogen) atoms. The summed E-state index contributed by atoms with van der Waals surface area (Å²) in [7, 11) is 0. The van der Waals surface area contributed by atoms with Gasteiger partial charge in [-0.2, -0.15) is 0 Å². The maximum atomic E-state index is 10.7. The lowest BCUT2D eigenvalue weighted by Crippen LogP contribution is -2.29. The average molecular weight is 224 g/mol. The quantitative estimate of drug-likeness (QED) is 0.717. The molecule has 0 bridgehead atoms. The van der Waals surface area contributed by atoms with E-state index in [1.54, 1.807) is 26.8 Å². The molecule has 1 aromatic rings. The van der Waals surface area contributed by atoms with Crippen molar-refractivity contribution in [2.45, 2.75) is 26.4 Å². The van der Waals surface area contributed by atoms with Crippen molar-refractivity contribution in [2.24, 2.45) is 0 Å². The zero-order valence-electron chi connectivity index (χ0n) is 9.61. The minimum atomic E-state index is -0.987. The molecule has 0 radical (unpaired) electrons. The third-order valence-electron chi connectivity index (χ3n) is 2.02. The summed E-state index contributed by atoms with van der Waals surface area (Å²) < 4.78 is 0. The zero-order valence-corrected chi connectivity index (χ0v) is 9.61. The Morgan fingerprint density at radius 3 is 2.56 bits per heavy atom. The zero-order chi connectivity index (χ0) is 12.3. The molecule has 1 aromatic heterocycles. The summed E-state index contributed by atoms with van der Waals surface area (Å²) in [4.78, 5) is 14.8. The van der Waals surface area contributed by atoms with Crippen LogP contribution in [0.3, 0.4) is 0 Å². The van der Waals surface area contributed by atoms with Gasteiger partial charge in [-0.3, -0.25) is 0 Å². The van der Waals surface area contributed by atoms with Gasteiger partial charge in [0.15, 0.2) is 0 Å². The second-order valence-electron chi connectivity index (χ2n) is 4.30. The van der Waals surface area contributed by atoms with Crippen LogP contribution in [0.1, 0.15) is 29.9 Å². The lowest BCUT2D eigenvalue weighted by Gasteiger charge is -2.18. The second kappa shape index (κ2) is 4.49. The van der Waals surface area contributed by atoms with E-state index in [0.717, 1.165) is 0 Å². The molecule has 0 aromatic carbocycles. The molecule has 1 heterocycles. The monoisotopic (exact) mass is 224 g/mol. The van der Waals surface area contributed by atoms with Crippen LogP contribution in [0.4, 0.5) is 5.82 Å². The Morgan fingerprint density at radius 2 is 2.12 bits per heavy atom. The standard InChI is InChI=1S/C11H16N2O3/c1-7-8(10(14)15)4-5-9(13-7)12-6-11(2,3)16/h4-5,16H,6H2,1-3H3,(H,12,13)(H,14,15). The molecule has 0 aliphatic rings. The molecule has 0 unspecified atom stereocenters. The molecule has 0 aliphatic heterocycles. The lowest BCUT2D eigenvalue weighted by atomic mass is 10.1. The lowest BCUT2D eigenvalue weighted by molar-refractivity contribution is 0.0695. The number of aromatic nitrogens is 1. The van der Waals surface area contributed by atoms with Gasteiger partial charge >= 0.3 is 5.97 Å². The molecule has 0 aliphatic carbocycles. The average Bonchev–Trinajstić information content (AvgIpc) is 2.13. The Kier molecular flexibility index (Phi) is 3.49. The van der Waals surface area contributed by atoms with Crippen molar-refractivity contribution in [1.29, 1.82) is 0 Å². The number of aryl methyl sites for hydroxylation is 1. The second-order valence-corrected chi connectivity index (χ2v) is 4.30. The van der Waals surface area contributed by atoms with Gasteiger partial charge in [-0.25, -0.2) is 9.78 Å². The highest BCUT2D eigenvalue weighted by Crippen LogP contribution is 2.11. The van der Waals surface area contributed by atoms with Gasteiger partial charge in [-0.15, -0.1) is 0 Å². The van der Waals surface area contributed by atoms with Gasteiger partial charge < -0.3 is 15.5 Å². The Hall–Kier alpha value is -1.62. The van der Waals surface area contributed by atoms with Crippen LogP contribution in [0.15, 0.2) is 12.1 Å². The van der Waals surface area contributed by atoms with Crippen LogP contribution in [0, 0.1) is 6.92 Å². The van der Waals surface area contributed by atoms with Crippen LogP contribution in [0.2, 0.25) is 0 Å². The van der Waals surface area contributed by atoms with Gasteiger partial charge in [0.05, 0.1) is 16.9 Å². The first-order valence-corrected chi connectivity index (χ1v) is 4.97. The van der Waals surface area contributed by atoms with Crippen molar-refractivity contribution in [3.63, 3.8) is 0 Å². The first-order chi connectivity index (χ1) is 7.29. The Balaban J connectivity index is 2.78. The highest BCUT2D eigenvalue weighted by atomic mass is 16.4. The summed E-state index contributed by atoms with van der Waals surface area (Å²) >= 11 is 0. The molecule has 3 N–H and O–H groups in total. The predicted octanol–water partition coefficient (Wildman–Crippen LogP) is 1.27. The third-order valence-corrected chi connectivity index (χ3v) is 2.02. The predicted molar refractivity (Wildman–Crippen MR) is 60.7 cm³/mol. The summed E-state index contributed by atoms with van der Waals surface area (Å²) in [5.41, 5.74) is -0.191. The summed E-state index contributed by atoms with van der Waals surface area (Å²) in [5.74, 6) is -0.427. The van der Waals surface area contributed by atoms with Crippen LogP contribution in [0.25, 0.3) is 0 Å². The van der Waals surface area contributed by atoms with Gasteiger partial charge in [0.1, 0.15) is 5.82 Å². The number of anilines is 1. The molecule has 0 spiro atoms. The summed E-state index contributed by atoms with van der Waals surface area (Å²) in [6.07, 6.45) is 0. The molecule has 0 saturated carbocycles. The molecule has 0 fully saturated rings. The fourth-order valence-corrected chi connectivity index (χ4v) is 1.19. The van der Waals surface area contributed by atoms with E-state index in [2.05, 4.69) is 10.3 Å². The number of carboxylic acids is 1. The van der Waals surface area contributed by atoms with E-state index in [1.165, 1.54) is 6.07 Å². The first-order valence-electron chi connectivity index (χ1n) is 4.97. The van der Waals surface area contributed by atoms with Crippen LogP contribution < -0.4 is 5.32 Å². The normalized spacial score (nSPS) is 11.2. The van der Waals surface area contributed by atoms with E-state index in [-0.39, 0.29) is 5.56 Å². The van der Waals surface area contributed by atoms with Gasteiger partial charge in [0.25, 0.3) is 0 Å². The van der Waals surface area contributed by atoms with Gasteiger partial charge in [0, 0.05) is 6.54 Å². The fraction of sp³-hybridized carbons (Fsp3) is 0.455. The van der Waals surface area contributed by atoms with Crippen LogP contribution in [0.5, 0.6) is 0 Å². The molecule has 5 nitrogen and oxygen atoms in total. The maximum Gasteiger partial charge on any atom is 0.337 e. The number of aliphatic hydroxyl groups is 1. The molecule has 5 heteroatoms. The number of nitrogens with zero attached hydrogens (tertiary/aromatic N) is 1. The van der Waals surface area contributed by atoms with Gasteiger partial charge in [-0.1, -0.05) is 0 Å². The number of carboxylic acid groups (broad SMARTS) is 1. The van der Waals surface area contributed by atoms with Gasteiger partial charge in [-0.05, 0) is 32.9 Å². The van der Waals surface area contributed by atoms with E-state index < -0.39 is 11.6 Å². The number of aromatic carboxylic acids is 1. The van der Waals surface area contributed by atoms with Crippen molar-refractivity contribution >= 4 is 11.8 Å². The molecule has 1 rings (SSSR count). The van der Waals surface area contributed by atoms with Crippen LogP contribution in [-0.4, -0.2) is 33.3 Å². The van der Waals surface area contributed by atoms with Gasteiger partial charge in [0.2, 0.25) is 0 Å². The largest absolute Gasteiger partial charge is 0.478 e. The molecule has 88 valence electrons. The van der Waals surface area contributed by atoms with E-state index >= 15 is 0 Å². The molecular formula is C11H16N2O3. The van der Waals surface area contributed by atoms with E-state index in [9.17, 15) is 9.90 Å². The minimum absolute atomic E-state index is 0.189. The number of nitrogens with one attached hydrogen (secondary N) is 1. The minimum Gasteiger partial charge on any atom is -0.478 e. The molecule has 0 saturated heterocycles. The van der Waals surface area contributed by atoms with Crippen molar-refractivity contribution in [3.05, 3.63) is 23.4 Å². The Labute approximate surface area is 94.1 Å². The molecule has 0 amide bonds. The highest BCUT2D eigenvalue weighted by Gasteiger charge is 2.13. The number of carbonyl (C=O) groups is 1. The summed E-state index contributed by atoms with van der Waals surface area (Å²) in [6, 6.07) is 3.08. The van der Waals surface area contributed by atoms with Crippen molar-refractivity contribution in [1.82, 2.24) is 4.98 Å². The summed E-state index contributed by atoms with van der Waals surface area (Å²) in [5, 5.41) is 21.3. The number of rotatable bonds is 4. The molecule has 0 atom stereocenters. The molecular weight excluding hydrogens is 208 g/mol. The topological polar surface area (TPSA) is 82.5 Å². The number of pyridine rings is 1. The van der Waals surface area contributed by atoms with Crippen molar-refractivity contribution in [2.75, 3.05) is 11.9 Å². The highest BCUT2D eigenvalue weighted by molar-refractivity contribution is 5.89. The van der Waals surface area contributed by atoms with Crippen molar-refractivity contribution < 1.29 is 15.0 Å². The van der Waals surface area contributed by atoms with Crippen LogP contribution in [-0.2, 0) is 0 Å².